The predicted octanol–water partition coefficient (Wildman–Crippen LogP) is 4.32. The van der Waals surface area contributed by atoms with Gasteiger partial charge < -0.3 is 19.4 Å². The summed E-state index contributed by atoms with van der Waals surface area (Å²) in [5.74, 6) is 0.497. The number of benzene rings is 2. The van der Waals surface area contributed by atoms with Gasteiger partial charge in [-0.25, -0.2) is 0 Å². The Kier molecular flexibility index (Phi) is 8.02. The fraction of sp³-hybridized carbons (Fsp3) is 0.440. The Morgan fingerprint density at radius 3 is 2.31 bits per heavy atom. The van der Waals surface area contributed by atoms with Crippen molar-refractivity contribution in [3.05, 3.63) is 58.6 Å². The van der Waals surface area contributed by atoms with Gasteiger partial charge in [-0.05, 0) is 55.7 Å². The molecule has 0 bridgehead atoms. The molecule has 1 aliphatic rings. The van der Waals surface area contributed by atoms with E-state index in [1.54, 1.807) is 23.1 Å². The third-order valence-electron chi connectivity index (χ3n) is 6.04. The summed E-state index contributed by atoms with van der Waals surface area (Å²) in [4.78, 5) is 31.9. The number of amides is 2. The SMILES string of the molecule is CCN(Cc1ccc(N(C)C)cc1)C(=O)C1CCN(C(=O)c2cc(Cl)ccc2OC)CC1. The van der Waals surface area contributed by atoms with E-state index in [4.69, 9.17) is 16.3 Å². The Balaban J connectivity index is 1.60. The van der Waals surface area contributed by atoms with Gasteiger partial charge in [0.2, 0.25) is 5.91 Å². The number of hydrogen-bond acceptors (Lipinski definition) is 4. The minimum Gasteiger partial charge on any atom is -0.496 e. The molecule has 0 spiro atoms. The molecule has 0 saturated carbocycles. The van der Waals surface area contributed by atoms with Crippen molar-refractivity contribution in [2.45, 2.75) is 26.3 Å². The van der Waals surface area contributed by atoms with E-state index in [1.807, 2.05) is 25.9 Å². The summed E-state index contributed by atoms with van der Waals surface area (Å²) in [6.45, 7) is 4.35. The van der Waals surface area contributed by atoms with Crippen molar-refractivity contribution in [3.63, 3.8) is 0 Å². The number of carbonyl (C=O) groups excluding carboxylic acids is 2. The Bertz CT molecular complexity index is 938. The van der Waals surface area contributed by atoms with Gasteiger partial charge in [-0.15, -0.1) is 0 Å². The maximum atomic E-state index is 13.2. The number of likely N-dealkylation sites (tertiary alicyclic amines) is 1. The van der Waals surface area contributed by atoms with Crippen LogP contribution in [0.25, 0.3) is 0 Å². The lowest BCUT2D eigenvalue weighted by molar-refractivity contribution is -0.137. The van der Waals surface area contributed by atoms with Gasteiger partial charge in [-0.3, -0.25) is 9.59 Å². The second kappa shape index (κ2) is 10.7. The molecule has 2 amide bonds. The van der Waals surface area contributed by atoms with E-state index in [0.29, 0.717) is 55.4 Å². The lowest BCUT2D eigenvalue weighted by Crippen LogP contribution is -2.44. The molecule has 1 fully saturated rings. The second-order valence-corrected chi connectivity index (χ2v) is 8.76. The van der Waals surface area contributed by atoms with Crippen LogP contribution >= 0.6 is 11.6 Å². The standard InChI is InChI=1S/C25H32ClN3O3/c1-5-28(17-18-6-9-21(10-7-18)27(2)3)24(30)19-12-14-29(15-13-19)25(31)22-16-20(26)8-11-23(22)32-4/h6-11,16,19H,5,12-15,17H2,1-4H3. The zero-order valence-electron chi connectivity index (χ0n) is 19.3. The highest BCUT2D eigenvalue weighted by atomic mass is 35.5. The monoisotopic (exact) mass is 457 g/mol. The van der Waals surface area contributed by atoms with E-state index in [1.165, 1.54) is 7.11 Å². The first kappa shape index (κ1) is 23.9. The minimum atomic E-state index is -0.108. The minimum absolute atomic E-state index is 0.0682. The quantitative estimate of drug-likeness (QED) is 0.621. The highest BCUT2D eigenvalue weighted by Crippen LogP contribution is 2.27. The molecule has 0 unspecified atom stereocenters. The normalized spacial score (nSPS) is 14.2. The first-order valence-electron chi connectivity index (χ1n) is 11.0. The number of hydrogen-bond donors (Lipinski definition) is 0. The maximum absolute atomic E-state index is 13.2. The average molecular weight is 458 g/mol. The van der Waals surface area contributed by atoms with Crippen LogP contribution in [-0.2, 0) is 11.3 Å². The molecule has 2 aromatic rings. The van der Waals surface area contributed by atoms with Crippen molar-refractivity contribution in [1.29, 1.82) is 0 Å². The molecule has 3 rings (SSSR count). The summed E-state index contributed by atoms with van der Waals surface area (Å²) in [6.07, 6.45) is 1.31. The second-order valence-electron chi connectivity index (χ2n) is 8.32. The predicted molar refractivity (Wildman–Crippen MR) is 128 cm³/mol. The molecule has 1 heterocycles. The number of piperidine rings is 1. The molecule has 0 radical (unpaired) electrons. The molecule has 32 heavy (non-hydrogen) atoms. The maximum Gasteiger partial charge on any atom is 0.257 e. The van der Waals surface area contributed by atoms with Gasteiger partial charge >= 0.3 is 0 Å². The molecule has 0 aliphatic carbocycles. The van der Waals surface area contributed by atoms with Gasteiger partial charge in [0, 0.05) is 56.9 Å². The van der Waals surface area contributed by atoms with Crippen LogP contribution in [0.2, 0.25) is 5.02 Å². The summed E-state index contributed by atoms with van der Waals surface area (Å²) < 4.78 is 5.33. The zero-order chi connectivity index (χ0) is 23.3. The van der Waals surface area contributed by atoms with Gasteiger partial charge in [-0.2, -0.15) is 0 Å². The fourth-order valence-corrected chi connectivity index (χ4v) is 4.24. The van der Waals surface area contributed by atoms with Crippen LogP contribution in [0.1, 0.15) is 35.7 Å². The molecule has 1 saturated heterocycles. The summed E-state index contributed by atoms with van der Waals surface area (Å²) in [7, 11) is 5.56. The first-order valence-corrected chi connectivity index (χ1v) is 11.4. The van der Waals surface area contributed by atoms with Crippen molar-refractivity contribution < 1.29 is 14.3 Å². The number of anilines is 1. The van der Waals surface area contributed by atoms with E-state index >= 15 is 0 Å². The van der Waals surface area contributed by atoms with E-state index in [9.17, 15) is 9.59 Å². The summed E-state index contributed by atoms with van der Waals surface area (Å²) in [5, 5.41) is 0.497. The molecule has 1 aliphatic heterocycles. The third-order valence-corrected chi connectivity index (χ3v) is 6.28. The van der Waals surface area contributed by atoms with E-state index in [-0.39, 0.29) is 17.7 Å². The largest absolute Gasteiger partial charge is 0.496 e. The fourth-order valence-electron chi connectivity index (χ4n) is 4.07. The first-order chi connectivity index (χ1) is 15.3. The summed E-state index contributed by atoms with van der Waals surface area (Å²) in [6, 6.07) is 13.3. The van der Waals surface area contributed by atoms with Crippen molar-refractivity contribution in [2.75, 3.05) is 45.7 Å². The third kappa shape index (κ3) is 5.54. The zero-order valence-corrected chi connectivity index (χ0v) is 20.1. The average Bonchev–Trinajstić information content (AvgIpc) is 2.82. The smallest absolute Gasteiger partial charge is 0.257 e. The summed E-state index contributed by atoms with van der Waals surface area (Å²) >= 11 is 6.08. The molecule has 0 aromatic heterocycles. The van der Waals surface area contributed by atoms with Crippen LogP contribution in [-0.4, -0.2) is 62.5 Å². The number of ether oxygens (including phenoxy) is 1. The van der Waals surface area contributed by atoms with Gasteiger partial charge in [-0.1, -0.05) is 23.7 Å². The molecule has 2 aromatic carbocycles. The van der Waals surface area contributed by atoms with Crippen LogP contribution < -0.4 is 9.64 Å². The van der Waals surface area contributed by atoms with Crippen molar-refractivity contribution in [3.8, 4) is 5.75 Å². The number of halogens is 1. The number of carbonyl (C=O) groups is 2. The van der Waals surface area contributed by atoms with Crippen molar-refractivity contribution in [1.82, 2.24) is 9.80 Å². The molecular weight excluding hydrogens is 426 g/mol. The Hall–Kier alpha value is -2.73. The van der Waals surface area contributed by atoms with Crippen LogP contribution in [0.4, 0.5) is 5.69 Å². The van der Waals surface area contributed by atoms with Gasteiger partial charge in [0.1, 0.15) is 5.75 Å². The Morgan fingerprint density at radius 1 is 1.09 bits per heavy atom. The molecule has 0 atom stereocenters. The van der Waals surface area contributed by atoms with Crippen molar-refractivity contribution >= 4 is 29.1 Å². The highest BCUT2D eigenvalue weighted by Gasteiger charge is 2.31. The van der Waals surface area contributed by atoms with Gasteiger partial charge in [0.25, 0.3) is 5.91 Å². The molecule has 6 nitrogen and oxygen atoms in total. The molecule has 172 valence electrons. The summed E-state index contributed by atoms with van der Waals surface area (Å²) in [5.41, 5.74) is 2.71. The van der Waals surface area contributed by atoms with Gasteiger partial charge in [0.15, 0.2) is 0 Å². The Morgan fingerprint density at radius 2 is 1.75 bits per heavy atom. The molecular formula is C25H32ClN3O3. The van der Waals surface area contributed by atoms with E-state index in [0.717, 1.165) is 11.3 Å². The lowest BCUT2D eigenvalue weighted by Gasteiger charge is -2.34. The van der Waals surface area contributed by atoms with Crippen LogP contribution in [0.3, 0.4) is 0 Å². The van der Waals surface area contributed by atoms with Crippen molar-refractivity contribution in [2.24, 2.45) is 5.92 Å². The van der Waals surface area contributed by atoms with Crippen LogP contribution in [0.15, 0.2) is 42.5 Å². The highest BCUT2D eigenvalue weighted by molar-refractivity contribution is 6.31. The lowest BCUT2D eigenvalue weighted by atomic mass is 9.94. The van der Waals surface area contributed by atoms with E-state index in [2.05, 4.69) is 29.2 Å². The molecule has 7 heteroatoms. The topological polar surface area (TPSA) is 53.1 Å². The van der Waals surface area contributed by atoms with E-state index < -0.39 is 0 Å². The molecule has 0 N–H and O–H groups in total. The number of rotatable bonds is 7. The van der Waals surface area contributed by atoms with Crippen LogP contribution in [0.5, 0.6) is 5.75 Å². The van der Waals surface area contributed by atoms with Gasteiger partial charge in [0.05, 0.1) is 12.7 Å². The number of nitrogens with zero attached hydrogens (tertiary/aromatic N) is 3. The van der Waals surface area contributed by atoms with Crippen LogP contribution in [0, 0.1) is 5.92 Å². The Labute approximate surface area is 195 Å². The number of methoxy groups -OCH3 is 1.